The smallest absolute Gasteiger partial charge is 0.245 e. The Morgan fingerprint density at radius 1 is 1.24 bits per heavy atom. The summed E-state index contributed by atoms with van der Waals surface area (Å²) in [6.45, 7) is 3.83. The molecule has 0 radical (unpaired) electrons. The summed E-state index contributed by atoms with van der Waals surface area (Å²) in [5.41, 5.74) is 1.02. The molecule has 1 fully saturated rings. The van der Waals surface area contributed by atoms with E-state index in [9.17, 15) is 9.59 Å². The standard InChI is InChI=1S/C16H20N2O3/c1-12(19)18-8-4-6-14(18)16(20)17-9-10-21-15-7-3-2-5-13(15)11-17/h2-3,5,7,14H,4,6,8-11H2,1H3. The van der Waals surface area contributed by atoms with Crippen LogP contribution >= 0.6 is 0 Å². The Morgan fingerprint density at radius 2 is 2.05 bits per heavy atom. The van der Waals surface area contributed by atoms with Crippen molar-refractivity contribution in [1.82, 2.24) is 9.80 Å². The topological polar surface area (TPSA) is 49.9 Å². The Hall–Kier alpha value is -2.04. The van der Waals surface area contributed by atoms with E-state index in [0.717, 1.165) is 24.2 Å². The molecule has 2 aliphatic heterocycles. The van der Waals surface area contributed by atoms with E-state index in [1.54, 1.807) is 4.90 Å². The third kappa shape index (κ3) is 2.73. The molecule has 112 valence electrons. The Bertz CT molecular complexity index is 558. The van der Waals surface area contributed by atoms with Gasteiger partial charge >= 0.3 is 0 Å². The van der Waals surface area contributed by atoms with Gasteiger partial charge in [0.05, 0.1) is 6.54 Å². The van der Waals surface area contributed by atoms with E-state index in [2.05, 4.69) is 0 Å². The van der Waals surface area contributed by atoms with Crippen molar-refractivity contribution in [3.05, 3.63) is 29.8 Å². The van der Waals surface area contributed by atoms with Crippen LogP contribution in [-0.2, 0) is 16.1 Å². The molecule has 0 saturated carbocycles. The number of carbonyl (C=O) groups excluding carboxylic acids is 2. The summed E-state index contributed by atoms with van der Waals surface area (Å²) in [7, 11) is 0. The minimum absolute atomic E-state index is 0.0164. The number of carbonyl (C=O) groups is 2. The molecular formula is C16H20N2O3. The van der Waals surface area contributed by atoms with Crippen LogP contribution in [0.4, 0.5) is 0 Å². The van der Waals surface area contributed by atoms with E-state index in [4.69, 9.17) is 4.74 Å². The highest BCUT2D eigenvalue weighted by molar-refractivity contribution is 5.87. The third-order valence-corrected chi connectivity index (χ3v) is 4.21. The monoisotopic (exact) mass is 288 g/mol. The van der Waals surface area contributed by atoms with Gasteiger partial charge in [-0.15, -0.1) is 0 Å². The second-order valence-electron chi connectivity index (χ2n) is 5.59. The van der Waals surface area contributed by atoms with E-state index >= 15 is 0 Å². The molecule has 1 aromatic rings. The Morgan fingerprint density at radius 3 is 2.86 bits per heavy atom. The average Bonchev–Trinajstić information content (AvgIpc) is 2.87. The molecule has 0 spiro atoms. The van der Waals surface area contributed by atoms with Crippen molar-refractivity contribution in [3.8, 4) is 5.75 Å². The summed E-state index contributed by atoms with van der Waals surface area (Å²) in [6, 6.07) is 7.50. The molecule has 5 heteroatoms. The van der Waals surface area contributed by atoms with Crippen molar-refractivity contribution in [2.24, 2.45) is 0 Å². The quantitative estimate of drug-likeness (QED) is 0.785. The van der Waals surface area contributed by atoms with Crippen molar-refractivity contribution in [3.63, 3.8) is 0 Å². The number of rotatable bonds is 1. The van der Waals surface area contributed by atoms with Crippen LogP contribution in [0.1, 0.15) is 25.3 Å². The zero-order valence-electron chi connectivity index (χ0n) is 12.2. The van der Waals surface area contributed by atoms with Crippen molar-refractivity contribution >= 4 is 11.8 Å². The number of fused-ring (bicyclic) bond motifs is 1. The number of benzene rings is 1. The molecule has 0 bridgehead atoms. The van der Waals surface area contributed by atoms with Crippen LogP contribution in [-0.4, -0.2) is 47.4 Å². The van der Waals surface area contributed by atoms with Crippen LogP contribution < -0.4 is 4.74 Å². The minimum Gasteiger partial charge on any atom is -0.491 e. The first kappa shape index (κ1) is 13.9. The number of hydrogen-bond acceptors (Lipinski definition) is 3. The molecule has 1 aromatic carbocycles. The molecule has 5 nitrogen and oxygen atoms in total. The van der Waals surface area contributed by atoms with Gasteiger partial charge in [0.2, 0.25) is 11.8 Å². The Kier molecular flexibility index (Phi) is 3.82. The first-order valence-corrected chi connectivity index (χ1v) is 7.43. The Labute approximate surface area is 124 Å². The molecule has 3 rings (SSSR count). The maximum Gasteiger partial charge on any atom is 0.245 e. The van der Waals surface area contributed by atoms with Crippen LogP contribution in [0.25, 0.3) is 0 Å². The summed E-state index contributed by atoms with van der Waals surface area (Å²) in [6.07, 6.45) is 1.66. The number of nitrogens with zero attached hydrogens (tertiary/aromatic N) is 2. The largest absolute Gasteiger partial charge is 0.491 e. The Balaban J connectivity index is 1.77. The van der Waals surface area contributed by atoms with Gasteiger partial charge < -0.3 is 14.5 Å². The van der Waals surface area contributed by atoms with Gasteiger partial charge in [0.15, 0.2) is 0 Å². The van der Waals surface area contributed by atoms with E-state index in [-0.39, 0.29) is 17.9 Å². The van der Waals surface area contributed by atoms with Crippen molar-refractivity contribution in [2.45, 2.75) is 32.4 Å². The lowest BCUT2D eigenvalue weighted by Crippen LogP contribution is -2.47. The molecule has 0 aliphatic carbocycles. The van der Waals surface area contributed by atoms with Gasteiger partial charge in [0, 0.05) is 25.6 Å². The first-order valence-electron chi connectivity index (χ1n) is 7.43. The van der Waals surface area contributed by atoms with Crippen LogP contribution in [0.5, 0.6) is 5.75 Å². The highest BCUT2D eigenvalue weighted by Crippen LogP contribution is 2.25. The predicted octanol–water partition coefficient (Wildman–Crippen LogP) is 1.42. The summed E-state index contributed by atoms with van der Waals surface area (Å²) in [5.74, 6) is 0.878. The minimum atomic E-state index is -0.298. The lowest BCUT2D eigenvalue weighted by Gasteiger charge is -2.28. The number of likely N-dealkylation sites (tertiary alicyclic amines) is 1. The fourth-order valence-electron chi connectivity index (χ4n) is 3.12. The molecule has 2 aliphatic rings. The number of ether oxygens (including phenoxy) is 1. The first-order chi connectivity index (χ1) is 10.2. The van der Waals surface area contributed by atoms with E-state index in [1.165, 1.54) is 6.92 Å². The number of amides is 2. The van der Waals surface area contributed by atoms with Crippen LogP contribution in [0.3, 0.4) is 0 Å². The summed E-state index contributed by atoms with van der Waals surface area (Å²) in [4.78, 5) is 27.9. The van der Waals surface area contributed by atoms with Gasteiger partial charge in [-0.2, -0.15) is 0 Å². The zero-order valence-corrected chi connectivity index (χ0v) is 12.2. The zero-order chi connectivity index (χ0) is 14.8. The van der Waals surface area contributed by atoms with Gasteiger partial charge in [-0.25, -0.2) is 0 Å². The predicted molar refractivity (Wildman–Crippen MR) is 77.8 cm³/mol. The normalized spacial score (nSPS) is 21.5. The van der Waals surface area contributed by atoms with Gasteiger partial charge in [-0.1, -0.05) is 18.2 Å². The van der Waals surface area contributed by atoms with Crippen LogP contribution in [0.15, 0.2) is 24.3 Å². The lowest BCUT2D eigenvalue weighted by molar-refractivity contribution is -0.143. The SMILES string of the molecule is CC(=O)N1CCCC1C(=O)N1CCOc2ccccc2C1. The molecule has 2 amide bonds. The highest BCUT2D eigenvalue weighted by atomic mass is 16.5. The van der Waals surface area contributed by atoms with E-state index in [1.807, 2.05) is 29.2 Å². The number of hydrogen-bond donors (Lipinski definition) is 0. The van der Waals surface area contributed by atoms with E-state index < -0.39 is 0 Å². The van der Waals surface area contributed by atoms with Gasteiger partial charge in [0.25, 0.3) is 0 Å². The fourth-order valence-corrected chi connectivity index (χ4v) is 3.12. The average molecular weight is 288 g/mol. The maximum atomic E-state index is 12.8. The molecule has 1 atom stereocenters. The molecule has 21 heavy (non-hydrogen) atoms. The molecule has 2 heterocycles. The number of para-hydroxylation sites is 1. The summed E-state index contributed by atoms with van der Waals surface area (Å²) < 4.78 is 5.69. The second-order valence-corrected chi connectivity index (χ2v) is 5.59. The van der Waals surface area contributed by atoms with Gasteiger partial charge in [0.1, 0.15) is 18.4 Å². The molecule has 1 saturated heterocycles. The van der Waals surface area contributed by atoms with Crippen LogP contribution in [0.2, 0.25) is 0 Å². The van der Waals surface area contributed by atoms with Crippen molar-refractivity contribution < 1.29 is 14.3 Å². The molecule has 0 aromatic heterocycles. The molecule has 0 N–H and O–H groups in total. The maximum absolute atomic E-state index is 12.8. The molecular weight excluding hydrogens is 268 g/mol. The highest BCUT2D eigenvalue weighted by Gasteiger charge is 2.35. The van der Waals surface area contributed by atoms with Crippen molar-refractivity contribution in [2.75, 3.05) is 19.7 Å². The van der Waals surface area contributed by atoms with Crippen molar-refractivity contribution in [1.29, 1.82) is 0 Å². The fraction of sp³-hybridized carbons (Fsp3) is 0.500. The van der Waals surface area contributed by atoms with Gasteiger partial charge in [-0.3, -0.25) is 9.59 Å². The molecule has 1 unspecified atom stereocenters. The third-order valence-electron chi connectivity index (χ3n) is 4.21. The second kappa shape index (κ2) is 5.76. The van der Waals surface area contributed by atoms with E-state index in [0.29, 0.717) is 26.2 Å². The summed E-state index contributed by atoms with van der Waals surface area (Å²) >= 11 is 0. The summed E-state index contributed by atoms with van der Waals surface area (Å²) in [5, 5.41) is 0. The van der Waals surface area contributed by atoms with Gasteiger partial charge in [-0.05, 0) is 18.9 Å². The van der Waals surface area contributed by atoms with Crippen LogP contribution in [0, 0.1) is 0 Å². The lowest BCUT2D eigenvalue weighted by atomic mass is 10.1.